The van der Waals surface area contributed by atoms with Gasteiger partial charge in [-0.25, -0.2) is 9.37 Å². The van der Waals surface area contributed by atoms with Crippen molar-refractivity contribution >= 4 is 28.7 Å². The van der Waals surface area contributed by atoms with Crippen LogP contribution in [-0.2, 0) is 5.75 Å². The molecular formula is C23H19FN2O2S. The van der Waals surface area contributed by atoms with Crippen molar-refractivity contribution in [3.05, 3.63) is 89.7 Å². The number of fused-ring (bicyclic) bond motifs is 1. The molecule has 146 valence electrons. The molecular weight excluding hydrogens is 387 g/mol. The standard InChI is InChI=1S/C23H19FN2O2S/c1-16-10-12-18(13-11-16)28-14-22(27)26-21-9-5-4-8-20(21)25-23(26)29-15-17-6-2-3-7-19(17)24/h2-13H,14-15H2,1H3. The number of thioether (sulfide) groups is 1. The van der Waals surface area contributed by atoms with Gasteiger partial charge in [-0.1, -0.05) is 59.8 Å². The number of aryl methyl sites for hydroxylation is 1. The lowest BCUT2D eigenvalue weighted by molar-refractivity contribution is 0.0832. The fourth-order valence-corrected chi connectivity index (χ4v) is 3.95. The lowest BCUT2D eigenvalue weighted by Crippen LogP contribution is -2.20. The second-order valence-corrected chi connectivity index (χ2v) is 7.54. The third-order valence-corrected chi connectivity index (χ3v) is 5.46. The number of halogens is 1. The van der Waals surface area contributed by atoms with E-state index < -0.39 is 0 Å². The van der Waals surface area contributed by atoms with E-state index in [9.17, 15) is 9.18 Å². The number of rotatable bonds is 6. The van der Waals surface area contributed by atoms with Crippen molar-refractivity contribution in [1.29, 1.82) is 0 Å². The summed E-state index contributed by atoms with van der Waals surface area (Å²) < 4.78 is 21.2. The van der Waals surface area contributed by atoms with Crippen LogP contribution in [0.2, 0.25) is 0 Å². The first-order valence-corrected chi connectivity index (χ1v) is 10.2. The van der Waals surface area contributed by atoms with Crippen LogP contribution in [0.1, 0.15) is 15.9 Å². The molecule has 0 N–H and O–H groups in total. The monoisotopic (exact) mass is 406 g/mol. The number of para-hydroxylation sites is 2. The van der Waals surface area contributed by atoms with E-state index in [1.165, 1.54) is 17.8 Å². The van der Waals surface area contributed by atoms with Gasteiger partial charge in [0.15, 0.2) is 11.8 Å². The molecule has 0 aliphatic carbocycles. The van der Waals surface area contributed by atoms with E-state index in [0.717, 1.165) is 5.56 Å². The number of aromatic nitrogens is 2. The van der Waals surface area contributed by atoms with E-state index in [-0.39, 0.29) is 18.3 Å². The Kier molecular flexibility index (Phi) is 5.62. The average Bonchev–Trinajstić information content (AvgIpc) is 3.11. The summed E-state index contributed by atoms with van der Waals surface area (Å²) in [6, 6.07) is 21.6. The molecule has 4 rings (SSSR count). The lowest BCUT2D eigenvalue weighted by Gasteiger charge is -2.10. The first kappa shape index (κ1) is 19.2. The minimum absolute atomic E-state index is 0.114. The van der Waals surface area contributed by atoms with Crippen LogP contribution in [0, 0.1) is 12.7 Å². The number of nitrogens with zero attached hydrogens (tertiary/aromatic N) is 2. The summed E-state index contributed by atoms with van der Waals surface area (Å²) in [7, 11) is 0. The van der Waals surface area contributed by atoms with E-state index in [0.29, 0.717) is 33.3 Å². The van der Waals surface area contributed by atoms with Gasteiger partial charge < -0.3 is 4.74 Å². The molecule has 4 nitrogen and oxygen atoms in total. The number of ether oxygens (including phenoxy) is 1. The van der Waals surface area contributed by atoms with Crippen molar-refractivity contribution < 1.29 is 13.9 Å². The molecule has 0 atom stereocenters. The second kappa shape index (κ2) is 8.49. The zero-order valence-corrected chi connectivity index (χ0v) is 16.7. The van der Waals surface area contributed by atoms with Crippen molar-refractivity contribution in [2.75, 3.05) is 6.61 Å². The van der Waals surface area contributed by atoms with E-state index in [1.807, 2.05) is 55.5 Å². The molecule has 1 aromatic heterocycles. The molecule has 0 fully saturated rings. The number of carbonyl (C=O) groups excluding carboxylic acids is 1. The Labute approximate surface area is 172 Å². The first-order valence-electron chi connectivity index (χ1n) is 9.18. The molecule has 0 saturated heterocycles. The van der Waals surface area contributed by atoms with E-state index in [4.69, 9.17) is 4.74 Å². The molecule has 0 unspecified atom stereocenters. The highest BCUT2D eigenvalue weighted by Gasteiger charge is 2.18. The maximum atomic E-state index is 14.0. The molecule has 0 aliphatic rings. The number of carbonyl (C=O) groups is 1. The maximum absolute atomic E-state index is 14.0. The maximum Gasteiger partial charge on any atom is 0.271 e. The molecule has 4 aromatic rings. The van der Waals surface area contributed by atoms with Crippen LogP contribution in [-0.4, -0.2) is 22.1 Å². The van der Waals surface area contributed by atoms with E-state index in [2.05, 4.69) is 4.98 Å². The molecule has 6 heteroatoms. The summed E-state index contributed by atoms with van der Waals surface area (Å²) >= 11 is 1.33. The molecule has 0 bridgehead atoms. The number of imidazole rings is 1. The highest BCUT2D eigenvalue weighted by atomic mass is 32.2. The predicted molar refractivity (Wildman–Crippen MR) is 113 cm³/mol. The van der Waals surface area contributed by atoms with Gasteiger partial charge in [0.2, 0.25) is 0 Å². The Balaban J connectivity index is 1.58. The Morgan fingerprint density at radius 2 is 1.76 bits per heavy atom. The Morgan fingerprint density at radius 3 is 2.55 bits per heavy atom. The molecule has 29 heavy (non-hydrogen) atoms. The Bertz CT molecular complexity index is 1160. The minimum Gasteiger partial charge on any atom is -0.484 e. The van der Waals surface area contributed by atoms with Crippen molar-refractivity contribution in [2.45, 2.75) is 17.8 Å². The van der Waals surface area contributed by atoms with Crippen molar-refractivity contribution in [3.8, 4) is 5.75 Å². The van der Waals surface area contributed by atoms with Gasteiger partial charge in [-0.3, -0.25) is 9.36 Å². The minimum atomic E-state index is -0.267. The van der Waals surface area contributed by atoms with Gasteiger partial charge in [-0.05, 0) is 42.8 Å². The summed E-state index contributed by atoms with van der Waals surface area (Å²) in [5.41, 5.74) is 3.11. The topological polar surface area (TPSA) is 44.1 Å². The Morgan fingerprint density at radius 1 is 1.03 bits per heavy atom. The third kappa shape index (κ3) is 4.32. The fourth-order valence-electron chi connectivity index (χ4n) is 2.94. The molecule has 1 heterocycles. The van der Waals surface area contributed by atoms with Gasteiger partial charge in [0.1, 0.15) is 11.6 Å². The summed E-state index contributed by atoms with van der Waals surface area (Å²) in [6.07, 6.45) is 0. The molecule has 0 radical (unpaired) electrons. The van der Waals surface area contributed by atoms with Gasteiger partial charge in [0.25, 0.3) is 5.91 Å². The summed E-state index contributed by atoms with van der Waals surface area (Å²) in [4.78, 5) is 17.5. The SMILES string of the molecule is Cc1ccc(OCC(=O)n2c(SCc3ccccc3F)nc3ccccc32)cc1. The van der Waals surface area contributed by atoms with Crippen molar-refractivity contribution in [2.24, 2.45) is 0 Å². The zero-order valence-electron chi connectivity index (χ0n) is 15.8. The van der Waals surface area contributed by atoms with Gasteiger partial charge >= 0.3 is 0 Å². The van der Waals surface area contributed by atoms with E-state index in [1.54, 1.807) is 22.8 Å². The molecule has 3 aromatic carbocycles. The van der Waals surface area contributed by atoms with Crippen LogP contribution in [0.15, 0.2) is 78.0 Å². The van der Waals surface area contributed by atoms with Crippen LogP contribution in [0.4, 0.5) is 4.39 Å². The number of hydrogen-bond donors (Lipinski definition) is 0. The highest BCUT2D eigenvalue weighted by Crippen LogP contribution is 2.27. The normalized spacial score (nSPS) is 11.0. The van der Waals surface area contributed by atoms with Crippen molar-refractivity contribution in [3.63, 3.8) is 0 Å². The Hall–Kier alpha value is -3.12. The average molecular weight is 406 g/mol. The first-order chi connectivity index (χ1) is 14.1. The number of hydrogen-bond acceptors (Lipinski definition) is 4. The van der Waals surface area contributed by atoms with Crippen LogP contribution < -0.4 is 4.74 Å². The van der Waals surface area contributed by atoms with Crippen LogP contribution >= 0.6 is 11.8 Å². The van der Waals surface area contributed by atoms with Gasteiger partial charge in [-0.2, -0.15) is 0 Å². The summed E-state index contributed by atoms with van der Waals surface area (Å²) in [5.74, 6) is 0.517. The highest BCUT2D eigenvalue weighted by molar-refractivity contribution is 7.98. The van der Waals surface area contributed by atoms with Crippen molar-refractivity contribution in [1.82, 2.24) is 9.55 Å². The third-order valence-electron chi connectivity index (χ3n) is 4.48. The van der Waals surface area contributed by atoms with Crippen LogP contribution in [0.5, 0.6) is 5.75 Å². The summed E-state index contributed by atoms with van der Waals surface area (Å²) in [6.45, 7) is 1.88. The van der Waals surface area contributed by atoms with Crippen LogP contribution in [0.3, 0.4) is 0 Å². The molecule has 0 spiro atoms. The quantitative estimate of drug-likeness (QED) is 0.397. The second-order valence-electron chi connectivity index (χ2n) is 6.59. The smallest absolute Gasteiger partial charge is 0.271 e. The lowest BCUT2D eigenvalue weighted by atomic mass is 10.2. The zero-order chi connectivity index (χ0) is 20.2. The van der Waals surface area contributed by atoms with Gasteiger partial charge in [-0.15, -0.1) is 0 Å². The van der Waals surface area contributed by atoms with Crippen LogP contribution in [0.25, 0.3) is 11.0 Å². The molecule has 0 aliphatic heterocycles. The van der Waals surface area contributed by atoms with Gasteiger partial charge in [0.05, 0.1) is 11.0 Å². The number of benzene rings is 3. The summed E-state index contributed by atoms with van der Waals surface area (Å²) in [5, 5.41) is 0.520. The molecule has 0 saturated carbocycles. The van der Waals surface area contributed by atoms with Gasteiger partial charge in [0, 0.05) is 5.75 Å². The predicted octanol–water partition coefficient (Wildman–Crippen LogP) is 5.50. The van der Waals surface area contributed by atoms with E-state index >= 15 is 0 Å². The largest absolute Gasteiger partial charge is 0.484 e. The molecule has 0 amide bonds. The fraction of sp³-hybridized carbons (Fsp3) is 0.130.